The summed E-state index contributed by atoms with van der Waals surface area (Å²) in [5, 5.41) is 11.0. The van der Waals surface area contributed by atoms with Gasteiger partial charge >= 0.3 is 5.97 Å². The van der Waals surface area contributed by atoms with E-state index in [-0.39, 0.29) is 6.42 Å². The van der Waals surface area contributed by atoms with Gasteiger partial charge in [-0.05, 0) is 18.1 Å². The third kappa shape index (κ3) is 3.09. The minimum Gasteiger partial charge on any atom is -0.481 e. The van der Waals surface area contributed by atoms with Gasteiger partial charge in [-0.25, -0.2) is 0 Å². The zero-order chi connectivity index (χ0) is 10.4. The summed E-state index contributed by atoms with van der Waals surface area (Å²) in [6.45, 7) is 2.71. The predicted octanol–water partition coefficient (Wildman–Crippen LogP) is 2.14. The summed E-state index contributed by atoms with van der Waals surface area (Å²) in [6, 6.07) is 8.46. The molecule has 0 saturated carbocycles. The molecule has 76 valence electrons. The van der Waals surface area contributed by atoms with Gasteiger partial charge in [0.1, 0.15) is 0 Å². The van der Waals surface area contributed by atoms with Crippen molar-refractivity contribution in [3.63, 3.8) is 0 Å². The number of rotatable bonds is 1. The molecule has 0 spiro atoms. The summed E-state index contributed by atoms with van der Waals surface area (Å²) < 4.78 is 0. The van der Waals surface area contributed by atoms with Crippen molar-refractivity contribution < 1.29 is 9.90 Å². The minimum absolute atomic E-state index is 0.222. The predicted molar refractivity (Wildman–Crippen MR) is 56.6 cm³/mol. The molecular weight excluding hydrogens is 178 g/mol. The van der Waals surface area contributed by atoms with Crippen molar-refractivity contribution in [3.05, 3.63) is 29.8 Å². The van der Waals surface area contributed by atoms with Crippen LogP contribution in [0.4, 0.5) is 5.69 Å². The smallest absolute Gasteiger partial charge is 0.303 e. The molecule has 1 aromatic carbocycles. The number of para-hydroxylation sites is 1. The standard InChI is InChI=1S/C8H9N.C3H6O2/c1-2-4-8-7(3-1)5-6-9-8;1-2-3(4)5/h1-4,9H,5-6H2;2H2,1H3,(H,4,5). The van der Waals surface area contributed by atoms with Gasteiger partial charge in [0.25, 0.3) is 0 Å². The Morgan fingerprint density at radius 1 is 1.50 bits per heavy atom. The second-order valence-electron chi connectivity index (χ2n) is 3.08. The molecule has 0 aromatic heterocycles. The van der Waals surface area contributed by atoms with E-state index in [0.29, 0.717) is 0 Å². The van der Waals surface area contributed by atoms with E-state index in [2.05, 4.69) is 29.6 Å². The monoisotopic (exact) mass is 193 g/mol. The fourth-order valence-corrected chi connectivity index (χ4v) is 1.24. The van der Waals surface area contributed by atoms with Gasteiger partial charge < -0.3 is 10.4 Å². The fraction of sp³-hybridized carbons (Fsp3) is 0.364. The molecular formula is C11H15NO2. The van der Waals surface area contributed by atoms with Crippen LogP contribution in [0.25, 0.3) is 0 Å². The lowest BCUT2D eigenvalue weighted by atomic mass is 10.2. The molecule has 3 heteroatoms. The number of fused-ring (bicyclic) bond motifs is 1. The van der Waals surface area contributed by atoms with Gasteiger partial charge in [0.2, 0.25) is 0 Å². The van der Waals surface area contributed by atoms with Gasteiger partial charge in [0, 0.05) is 18.7 Å². The first-order valence-corrected chi connectivity index (χ1v) is 4.77. The molecule has 0 radical (unpaired) electrons. The van der Waals surface area contributed by atoms with E-state index >= 15 is 0 Å². The number of aliphatic carboxylic acids is 1. The van der Waals surface area contributed by atoms with Crippen molar-refractivity contribution in [1.82, 2.24) is 0 Å². The zero-order valence-corrected chi connectivity index (χ0v) is 8.29. The normalized spacial score (nSPS) is 12.1. The van der Waals surface area contributed by atoms with Gasteiger partial charge in [-0.3, -0.25) is 4.79 Å². The van der Waals surface area contributed by atoms with Crippen molar-refractivity contribution in [1.29, 1.82) is 0 Å². The number of carbonyl (C=O) groups is 1. The molecule has 2 rings (SSSR count). The van der Waals surface area contributed by atoms with Crippen molar-refractivity contribution in [2.24, 2.45) is 0 Å². The number of anilines is 1. The maximum absolute atomic E-state index is 9.37. The molecule has 0 fully saturated rings. The molecule has 3 nitrogen and oxygen atoms in total. The Kier molecular flexibility index (Phi) is 3.98. The Balaban J connectivity index is 0.000000171. The second kappa shape index (κ2) is 5.27. The van der Waals surface area contributed by atoms with Gasteiger partial charge in [-0.2, -0.15) is 0 Å². The van der Waals surface area contributed by atoms with Crippen LogP contribution >= 0.6 is 0 Å². The molecule has 2 N–H and O–H groups in total. The minimum atomic E-state index is -0.745. The number of carboxylic acid groups (broad SMARTS) is 1. The van der Waals surface area contributed by atoms with E-state index in [1.54, 1.807) is 6.92 Å². The molecule has 0 saturated heterocycles. The zero-order valence-electron chi connectivity index (χ0n) is 8.29. The highest BCUT2D eigenvalue weighted by atomic mass is 16.4. The Morgan fingerprint density at radius 3 is 2.71 bits per heavy atom. The van der Waals surface area contributed by atoms with Gasteiger partial charge in [-0.1, -0.05) is 25.1 Å². The summed E-state index contributed by atoms with van der Waals surface area (Å²) in [4.78, 5) is 9.37. The third-order valence-electron chi connectivity index (χ3n) is 2.03. The number of carboxylic acids is 1. The van der Waals surface area contributed by atoms with E-state index < -0.39 is 5.97 Å². The second-order valence-corrected chi connectivity index (χ2v) is 3.08. The van der Waals surface area contributed by atoms with Crippen LogP contribution < -0.4 is 5.32 Å². The van der Waals surface area contributed by atoms with Crippen molar-refractivity contribution in [2.75, 3.05) is 11.9 Å². The van der Waals surface area contributed by atoms with Crippen molar-refractivity contribution >= 4 is 11.7 Å². The Hall–Kier alpha value is -1.51. The van der Waals surface area contributed by atoms with Crippen LogP contribution in [-0.2, 0) is 11.2 Å². The number of hydrogen-bond donors (Lipinski definition) is 2. The number of benzene rings is 1. The van der Waals surface area contributed by atoms with Crippen LogP contribution in [0.5, 0.6) is 0 Å². The Bertz CT molecular complexity index is 287. The molecule has 0 atom stereocenters. The SMILES string of the molecule is CCC(=O)O.c1ccc2c(c1)CCN2. The lowest BCUT2D eigenvalue weighted by molar-refractivity contribution is -0.136. The molecule has 1 aliphatic rings. The summed E-state index contributed by atoms with van der Waals surface area (Å²) in [5.41, 5.74) is 2.77. The topological polar surface area (TPSA) is 49.3 Å². The van der Waals surface area contributed by atoms with Crippen LogP contribution in [0.3, 0.4) is 0 Å². The van der Waals surface area contributed by atoms with E-state index in [0.717, 1.165) is 6.54 Å². The average Bonchev–Trinajstić information content (AvgIpc) is 2.66. The maximum Gasteiger partial charge on any atom is 0.303 e. The van der Waals surface area contributed by atoms with Crippen LogP contribution in [0.15, 0.2) is 24.3 Å². The average molecular weight is 193 g/mol. The highest BCUT2D eigenvalue weighted by Crippen LogP contribution is 2.19. The lowest BCUT2D eigenvalue weighted by Gasteiger charge is -1.94. The largest absolute Gasteiger partial charge is 0.481 e. The maximum atomic E-state index is 9.37. The fourth-order valence-electron chi connectivity index (χ4n) is 1.24. The molecule has 0 amide bonds. The van der Waals surface area contributed by atoms with Crippen LogP contribution in [0.1, 0.15) is 18.9 Å². The Labute approximate surface area is 83.8 Å². The summed E-state index contributed by atoms with van der Waals surface area (Å²) in [5.74, 6) is -0.745. The molecule has 14 heavy (non-hydrogen) atoms. The molecule has 1 aliphatic heterocycles. The highest BCUT2D eigenvalue weighted by molar-refractivity contribution is 5.66. The molecule has 0 aliphatic carbocycles. The van der Waals surface area contributed by atoms with E-state index in [1.165, 1.54) is 17.7 Å². The van der Waals surface area contributed by atoms with Crippen molar-refractivity contribution in [3.8, 4) is 0 Å². The third-order valence-corrected chi connectivity index (χ3v) is 2.03. The first kappa shape index (κ1) is 10.6. The van der Waals surface area contributed by atoms with Gasteiger partial charge in [0.05, 0.1) is 0 Å². The van der Waals surface area contributed by atoms with E-state index in [4.69, 9.17) is 5.11 Å². The summed E-state index contributed by atoms with van der Waals surface area (Å²) in [6.07, 6.45) is 1.41. The van der Waals surface area contributed by atoms with E-state index in [1.807, 2.05) is 0 Å². The number of hydrogen-bond acceptors (Lipinski definition) is 2. The Morgan fingerprint density at radius 2 is 2.14 bits per heavy atom. The van der Waals surface area contributed by atoms with Crippen LogP contribution in [-0.4, -0.2) is 17.6 Å². The first-order chi connectivity index (χ1) is 6.74. The van der Waals surface area contributed by atoms with Gasteiger partial charge in [-0.15, -0.1) is 0 Å². The van der Waals surface area contributed by atoms with Crippen LogP contribution in [0.2, 0.25) is 0 Å². The van der Waals surface area contributed by atoms with Gasteiger partial charge in [0.15, 0.2) is 0 Å². The quantitative estimate of drug-likeness (QED) is 0.718. The summed E-state index contributed by atoms with van der Waals surface area (Å²) in [7, 11) is 0. The molecule has 1 heterocycles. The van der Waals surface area contributed by atoms with Crippen molar-refractivity contribution in [2.45, 2.75) is 19.8 Å². The van der Waals surface area contributed by atoms with Crippen LogP contribution in [0, 0.1) is 0 Å². The molecule has 1 aromatic rings. The van der Waals surface area contributed by atoms with E-state index in [9.17, 15) is 4.79 Å². The molecule has 0 unspecified atom stereocenters. The highest BCUT2D eigenvalue weighted by Gasteiger charge is 2.05. The first-order valence-electron chi connectivity index (χ1n) is 4.77. The number of nitrogens with one attached hydrogen (secondary N) is 1. The molecule has 0 bridgehead atoms. The summed E-state index contributed by atoms with van der Waals surface area (Å²) >= 11 is 0. The lowest BCUT2D eigenvalue weighted by Crippen LogP contribution is -1.90.